The molecule has 3 aliphatic rings. The van der Waals surface area contributed by atoms with E-state index in [2.05, 4.69) is 19.1 Å². The lowest BCUT2D eigenvalue weighted by Crippen LogP contribution is -2.50. The molecule has 6 nitrogen and oxygen atoms in total. The number of imide groups is 1. The normalized spacial score (nSPS) is 21.1. The van der Waals surface area contributed by atoms with Gasteiger partial charge in [0, 0.05) is 17.5 Å². The van der Waals surface area contributed by atoms with Crippen molar-refractivity contribution in [3.8, 4) is 10.6 Å². The van der Waals surface area contributed by atoms with Gasteiger partial charge >= 0.3 is 0 Å². The van der Waals surface area contributed by atoms with E-state index in [0.717, 1.165) is 59.3 Å². The highest BCUT2D eigenvalue weighted by Crippen LogP contribution is 2.38. The van der Waals surface area contributed by atoms with E-state index in [0.29, 0.717) is 5.69 Å². The fourth-order valence-corrected chi connectivity index (χ4v) is 6.39. The Morgan fingerprint density at radius 2 is 1.76 bits per heavy atom. The maximum atomic E-state index is 13.5. The van der Waals surface area contributed by atoms with Crippen LogP contribution >= 0.6 is 11.3 Å². The Morgan fingerprint density at radius 3 is 2.47 bits per heavy atom. The highest BCUT2D eigenvalue weighted by atomic mass is 32.1. The van der Waals surface area contributed by atoms with Crippen molar-refractivity contribution in [1.82, 2.24) is 9.88 Å². The second-order valence-corrected chi connectivity index (χ2v) is 10.8. The average Bonchev–Trinajstić information content (AvgIpc) is 3.25. The highest BCUT2D eigenvalue weighted by molar-refractivity contribution is 7.21. The lowest BCUT2D eigenvalue weighted by atomic mass is 10.1. The van der Waals surface area contributed by atoms with Crippen molar-refractivity contribution >= 4 is 45.0 Å². The zero-order chi connectivity index (χ0) is 23.4. The summed E-state index contributed by atoms with van der Waals surface area (Å²) >= 11 is 1.63. The number of aryl methyl sites for hydroxylation is 1. The van der Waals surface area contributed by atoms with Crippen LogP contribution in [0, 0.1) is 12.8 Å². The third-order valence-corrected chi connectivity index (χ3v) is 8.34. The van der Waals surface area contributed by atoms with Gasteiger partial charge in [-0.1, -0.05) is 18.9 Å². The molecule has 6 rings (SSSR count). The predicted molar refractivity (Wildman–Crippen MR) is 133 cm³/mol. The minimum Gasteiger partial charge on any atom is -0.327 e. The molecule has 3 aromatic rings. The second kappa shape index (κ2) is 8.31. The Kier molecular flexibility index (Phi) is 5.25. The Labute approximate surface area is 202 Å². The van der Waals surface area contributed by atoms with Gasteiger partial charge in [0.2, 0.25) is 11.8 Å². The third-order valence-electron chi connectivity index (χ3n) is 7.27. The molecule has 1 aromatic heterocycles. The molecule has 1 saturated heterocycles. The van der Waals surface area contributed by atoms with E-state index in [9.17, 15) is 14.4 Å². The van der Waals surface area contributed by atoms with Gasteiger partial charge in [0.05, 0.1) is 22.3 Å². The molecule has 34 heavy (non-hydrogen) atoms. The molecular formula is C27H27N3O3S. The summed E-state index contributed by atoms with van der Waals surface area (Å²) in [7, 11) is 0. The Hall–Kier alpha value is -3.06. The Morgan fingerprint density at radius 1 is 1.03 bits per heavy atom. The lowest BCUT2D eigenvalue weighted by molar-refractivity contribution is -0.142. The molecule has 3 fully saturated rings. The van der Waals surface area contributed by atoms with E-state index in [1.165, 1.54) is 10.5 Å². The first-order valence-corrected chi connectivity index (χ1v) is 13.0. The van der Waals surface area contributed by atoms with Crippen molar-refractivity contribution in [3.05, 3.63) is 48.0 Å². The van der Waals surface area contributed by atoms with Crippen molar-refractivity contribution in [1.29, 1.82) is 0 Å². The second-order valence-electron chi connectivity index (χ2n) is 9.78. The first-order valence-electron chi connectivity index (χ1n) is 12.2. The van der Waals surface area contributed by atoms with Gasteiger partial charge in [0.25, 0.3) is 5.91 Å². The van der Waals surface area contributed by atoms with Crippen LogP contribution in [-0.4, -0.2) is 39.7 Å². The van der Waals surface area contributed by atoms with Gasteiger partial charge in [-0.05, 0) is 74.6 Å². The van der Waals surface area contributed by atoms with Gasteiger partial charge in [-0.15, -0.1) is 11.3 Å². The first-order chi connectivity index (χ1) is 16.5. The minimum absolute atomic E-state index is 0.0365. The van der Waals surface area contributed by atoms with Crippen molar-refractivity contribution in [2.24, 2.45) is 5.92 Å². The van der Waals surface area contributed by atoms with Crippen LogP contribution in [0.4, 0.5) is 5.69 Å². The lowest BCUT2D eigenvalue weighted by Gasteiger charge is -2.33. The molecule has 2 aliphatic carbocycles. The van der Waals surface area contributed by atoms with Crippen LogP contribution in [0.25, 0.3) is 20.8 Å². The van der Waals surface area contributed by atoms with Crippen LogP contribution in [0.3, 0.4) is 0 Å². The number of rotatable bonds is 5. The molecule has 2 saturated carbocycles. The highest BCUT2D eigenvalue weighted by Gasteiger charge is 2.49. The van der Waals surface area contributed by atoms with Crippen molar-refractivity contribution in [3.63, 3.8) is 0 Å². The molecule has 0 spiro atoms. The number of thiazole rings is 1. The largest absolute Gasteiger partial charge is 0.327 e. The predicted octanol–water partition coefficient (Wildman–Crippen LogP) is 5.08. The maximum Gasteiger partial charge on any atom is 0.257 e. The van der Waals surface area contributed by atoms with Gasteiger partial charge < -0.3 is 4.90 Å². The summed E-state index contributed by atoms with van der Waals surface area (Å²) in [6.45, 7) is 2.07. The molecule has 1 atom stereocenters. The molecule has 7 heteroatoms. The molecule has 2 aromatic carbocycles. The summed E-state index contributed by atoms with van der Waals surface area (Å²) in [6.07, 6.45) is 5.86. The number of hydrogen-bond acceptors (Lipinski definition) is 5. The van der Waals surface area contributed by atoms with Crippen LogP contribution in [0.1, 0.15) is 50.5 Å². The van der Waals surface area contributed by atoms with Crippen LogP contribution in [-0.2, 0) is 14.4 Å². The van der Waals surface area contributed by atoms with E-state index >= 15 is 0 Å². The molecule has 174 valence electrons. The van der Waals surface area contributed by atoms with E-state index < -0.39 is 6.04 Å². The summed E-state index contributed by atoms with van der Waals surface area (Å²) in [5, 5.41) is 0.909. The first kappa shape index (κ1) is 21.5. The molecule has 0 radical (unpaired) electrons. The summed E-state index contributed by atoms with van der Waals surface area (Å²) in [5.74, 6) is -0.394. The topological polar surface area (TPSA) is 70.6 Å². The van der Waals surface area contributed by atoms with Crippen molar-refractivity contribution in [2.75, 3.05) is 4.90 Å². The third kappa shape index (κ3) is 3.72. The molecule has 1 aliphatic heterocycles. The zero-order valence-electron chi connectivity index (χ0n) is 19.2. The SMILES string of the molecule is Cc1ccc2nc(-c3ccc(N4C(=O)CC(N(C(=O)C5CC5)C5CCCC5)C4=O)cc3)sc2c1. The number of hydrogen-bond donors (Lipinski definition) is 0. The maximum absolute atomic E-state index is 13.5. The van der Waals surface area contributed by atoms with Gasteiger partial charge in [0.15, 0.2) is 0 Å². The van der Waals surface area contributed by atoms with Gasteiger partial charge in [-0.25, -0.2) is 9.88 Å². The summed E-state index contributed by atoms with van der Waals surface area (Å²) in [4.78, 5) is 47.4. The number of carbonyl (C=O) groups excluding carboxylic acids is 3. The summed E-state index contributed by atoms with van der Waals surface area (Å²) in [5.41, 5.74) is 3.68. The molecule has 2 heterocycles. The van der Waals surface area contributed by atoms with Crippen LogP contribution in [0.15, 0.2) is 42.5 Å². The molecular weight excluding hydrogens is 446 g/mol. The quantitative estimate of drug-likeness (QED) is 0.484. The zero-order valence-corrected chi connectivity index (χ0v) is 20.0. The Bertz CT molecular complexity index is 1290. The monoisotopic (exact) mass is 473 g/mol. The smallest absolute Gasteiger partial charge is 0.257 e. The van der Waals surface area contributed by atoms with E-state index in [-0.39, 0.29) is 36.1 Å². The average molecular weight is 474 g/mol. The van der Waals surface area contributed by atoms with E-state index in [4.69, 9.17) is 4.98 Å². The van der Waals surface area contributed by atoms with Crippen LogP contribution in [0.5, 0.6) is 0 Å². The number of benzene rings is 2. The number of anilines is 1. The summed E-state index contributed by atoms with van der Waals surface area (Å²) < 4.78 is 1.14. The number of nitrogens with zero attached hydrogens (tertiary/aromatic N) is 3. The number of amides is 3. The fourth-order valence-electron chi connectivity index (χ4n) is 5.32. The molecule has 3 amide bonds. The van der Waals surface area contributed by atoms with Crippen molar-refractivity contribution < 1.29 is 14.4 Å². The van der Waals surface area contributed by atoms with Crippen LogP contribution in [0.2, 0.25) is 0 Å². The minimum atomic E-state index is -0.670. The van der Waals surface area contributed by atoms with E-state index in [1.54, 1.807) is 16.2 Å². The number of fused-ring (bicyclic) bond motifs is 1. The van der Waals surface area contributed by atoms with Gasteiger partial charge in [0.1, 0.15) is 11.0 Å². The molecule has 0 bridgehead atoms. The van der Waals surface area contributed by atoms with Gasteiger partial charge in [-0.3, -0.25) is 14.4 Å². The van der Waals surface area contributed by atoms with Crippen molar-refractivity contribution in [2.45, 2.75) is 64.0 Å². The standard InChI is InChI=1S/C27H27N3O3S/c1-16-6-13-21-23(14-16)34-25(28-21)17-9-11-20(12-10-17)30-24(31)15-22(27(30)33)29(19-4-2-3-5-19)26(32)18-7-8-18/h6,9-14,18-19,22H,2-5,7-8,15H2,1H3. The summed E-state index contributed by atoms with van der Waals surface area (Å²) in [6, 6.07) is 13.1. The fraction of sp³-hybridized carbons (Fsp3) is 0.407. The number of aromatic nitrogens is 1. The molecule has 0 N–H and O–H groups in total. The van der Waals surface area contributed by atoms with E-state index in [1.807, 2.05) is 30.3 Å². The van der Waals surface area contributed by atoms with Crippen LogP contribution < -0.4 is 4.90 Å². The number of carbonyl (C=O) groups is 3. The molecule has 1 unspecified atom stereocenters. The Balaban J connectivity index is 1.26. The van der Waals surface area contributed by atoms with Gasteiger partial charge in [-0.2, -0.15) is 0 Å².